The van der Waals surface area contributed by atoms with Crippen molar-refractivity contribution in [1.29, 1.82) is 0 Å². The maximum Gasteiger partial charge on any atom is 0.241 e. The van der Waals surface area contributed by atoms with Crippen molar-refractivity contribution < 1.29 is 22.4 Å². The summed E-state index contributed by atoms with van der Waals surface area (Å²) in [5.41, 5.74) is 1.52. The van der Waals surface area contributed by atoms with Gasteiger partial charge in [-0.1, -0.05) is 0 Å². The van der Waals surface area contributed by atoms with Crippen LogP contribution in [0.4, 0.5) is 5.69 Å². The first-order valence-electron chi connectivity index (χ1n) is 8.51. The Morgan fingerprint density at radius 1 is 1.30 bits per heavy atom. The number of rotatable bonds is 6. The number of carbonyl (C=O) groups excluding carboxylic acids is 2. The fourth-order valence-corrected chi connectivity index (χ4v) is 4.22. The summed E-state index contributed by atoms with van der Waals surface area (Å²) in [6.45, 7) is 3.66. The van der Waals surface area contributed by atoms with Crippen LogP contribution in [0.1, 0.15) is 25.2 Å². The molecule has 27 heavy (non-hydrogen) atoms. The number of fused-ring (bicyclic) bond motifs is 1. The molecule has 2 heterocycles. The van der Waals surface area contributed by atoms with Crippen LogP contribution < -0.4 is 14.9 Å². The SMILES string of the molecule is CC(=O)N1CCc2cc(S(=O)(=O)N[C@@H](C)C(=O)NCc3ccco3)ccc21. The minimum atomic E-state index is -3.87. The average Bonchev–Trinajstić information content (AvgIpc) is 3.27. The second-order valence-corrected chi connectivity index (χ2v) is 8.07. The molecule has 9 heteroatoms. The van der Waals surface area contributed by atoms with Crippen molar-refractivity contribution in [3.05, 3.63) is 47.9 Å². The Morgan fingerprint density at radius 3 is 2.74 bits per heavy atom. The molecule has 1 aliphatic rings. The van der Waals surface area contributed by atoms with Crippen molar-refractivity contribution in [2.75, 3.05) is 11.4 Å². The fourth-order valence-electron chi connectivity index (χ4n) is 2.97. The van der Waals surface area contributed by atoms with E-state index in [1.807, 2.05) is 0 Å². The monoisotopic (exact) mass is 391 g/mol. The molecule has 0 radical (unpaired) electrons. The van der Waals surface area contributed by atoms with Gasteiger partial charge in [-0.2, -0.15) is 4.72 Å². The third-order valence-corrected chi connectivity index (χ3v) is 5.92. The highest BCUT2D eigenvalue weighted by molar-refractivity contribution is 7.89. The highest BCUT2D eigenvalue weighted by Crippen LogP contribution is 2.30. The van der Waals surface area contributed by atoms with E-state index in [1.54, 1.807) is 29.2 Å². The summed E-state index contributed by atoms with van der Waals surface area (Å²) in [6, 6.07) is 7.08. The lowest BCUT2D eigenvalue weighted by Gasteiger charge is -2.16. The number of benzene rings is 1. The largest absolute Gasteiger partial charge is 0.467 e. The maximum absolute atomic E-state index is 12.6. The van der Waals surface area contributed by atoms with Crippen LogP contribution in [0.25, 0.3) is 0 Å². The zero-order chi connectivity index (χ0) is 19.6. The van der Waals surface area contributed by atoms with Crippen molar-refractivity contribution in [3.8, 4) is 0 Å². The van der Waals surface area contributed by atoms with Gasteiger partial charge < -0.3 is 14.6 Å². The number of nitrogens with one attached hydrogen (secondary N) is 2. The zero-order valence-corrected chi connectivity index (χ0v) is 15.9. The summed E-state index contributed by atoms with van der Waals surface area (Å²) in [4.78, 5) is 25.4. The topological polar surface area (TPSA) is 109 Å². The summed E-state index contributed by atoms with van der Waals surface area (Å²) in [5.74, 6) is 0.0373. The van der Waals surface area contributed by atoms with E-state index in [4.69, 9.17) is 4.42 Å². The van der Waals surface area contributed by atoms with Gasteiger partial charge in [0, 0.05) is 19.2 Å². The van der Waals surface area contributed by atoms with E-state index < -0.39 is 22.0 Å². The predicted molar refractivity (Wildman–Crippen MR) is 98.5 cm³/mol. The van der Waals surface area contributed by atoms with Gasteiger partial charge in [0.15, 0.2) is 0 Å². The van der Waals surface area contributed by atoms with Gasteiger partial charge in [0.05, 0.1) is 23.7 Å². The highest BCUT2D eigenvalue weighted by atomic mass is 32.2. The zero-order valence-electron chi connectivity index (χ0n) is 15.1. The van der Waals surface area contributed by atoms with Gasteiger partial charge in [0.2, 0.25) is 21.8 Å². The first-order chi connectivity index (χ1) is 12.8. The number of hydrogen-bond donors (Lipinski definition) is 2. The minimum absolute atomic E-state index is 0.0670. The Kier molecular flexibility index (Phi) is 5.33. The fraction of sp³-hybridized carbons (Fsp3) is 0.333. The highest BCUT2D eigenvalue weighted by Gasteiger charge is 2.26. The van der Waals surface area contributed by atoms with E-state index in [1.165, 1.54) is 26.2 Å². The van der Waals surface area contributed by atoms with E-state index in [-0.39, 0.29) is 17.3 Å². The van der Waals surface area contributed by atoms with E-state index in [9.17, 15) is 18.0 Å². The molecule has 144 valence electrons. The van der Waals surface area contributed by atoms with E-state index in [0.29, 0.717) is 18.7 Å². The normalized spacial score (nSPS) is 14.7. The van der Waals surface area contributed by atoms with Crippen LogP contribution in [0, 0.1) is 0 Å². The van der Waals surface area contributed by atoms with Crippen LogP contribution in [0.3, 0.4) is 0 Å². The Morgan fingerprint density at radius 2 is 2.07 bits per heavy atom. The third-order valence-electron chi connectivity index (χ3n) is 4.38. The molecule has 1 atom stereocenters. The molecule has 0 unspecified atom stereocenters. The summed E-state index contributed by atoms with van der Waals surface area (Å²) in [7, 11) is -3.87. The average molecular weight is 391 g/mol. The van der Waals surface area contributed by atoms with Gasteiger partial charge in [0.1, 0.15) is 5.76 Å². The number of sulfonamides is 1. The Hall–Kier alpha value is -2.65. The standard InChI is InChI=1S/C18H21N3O5S/c1-12(18(23)19-11-15-4-3-9-26-15)20-27(24,25)16-5-6-17-14(10-16)7-8-21(17)13(2)22/h3-6,9-10,12,20H,7-8,11H2,1-2H3,(H,19,23)/t12-/m0/s1. The number of amides is 2. The smallest absolute Gasteiger partial charge is 0.241 e. The Bertz CT molecular complexity index is 953. The number of hydrogen-bond acceptors (Lipinski definition) is 5. The van der Waals surface area contributed by atoms with Gasteiger partial charge in [-0.3, -0.25) is 9.59 Å². The molecule has 3 rings (SSSR count). The summed E-state index contributed by atoms with van der Waals surface area (Å²) >= 11 is 0. The molecule has 0 aliphatic carbocycles. The molecular formula is C18H21N3O5S. The van der Waals surface area contributed by atoms with Gasteiger partial charge in [0.25, 0.3) is 0 Å². The van der Waals surface area contributed by atoms with Crippen molar-refractivity contribution >= 4 is 27.5 Å². The van der Waals surface area contributed by atoms with Gasteiger partial charge >= 0.3 is 0 Å². The molecule has 0 saturated carbocycles. The van der Waals surface area contributed by atoms with E-state index >= 15 is 0 Å². The molecule has 0 fully saturated rings. The lowest BCUT2D eigenvalue weighted by atomic mass is 10.2. The van der Waals surface area contributed by atoms with E-state index in [2.05, 4.69) is 10.0 Å². The molecule has 1 aromatic heterocycles. The molecule has 0 bridgehead atoms. The van der Waals surface area contributed by atoms with Crippen molar-refractivity contribution in [3.63, 3.8) is 0 Å². The molecule has 2 aromatic rings. The lowest BCUT2D eigenvalue weighted by Crippen LogP contribution is -2.44. The number of anilines is 1. The van der Waals surface area contributed by atoms with Crippen LogP contribution in [-0.4, -0.2) is 32.8 Å². The summed E-state index contributed by atoms with van der Waals surface area (Å²) in [5, 5.41) is 2.62. The number of nitrogens with zero attached hydrogens (tertiary/aromatic N) is 1. The van der Waals surface area contributed by atoms with Crippen molar-refractivity contribution in [2.45, 2.75) is 37.8 Å². The van der Waals surface area contributed by atoms with Crippen LogP contribution >= 0.6 is 0 Å². The van der Waals surface area contributed by atoms with Crippen LogP contribution in [0.2, 0.25) is 0 Å². The maximum atomic E-state index is 12.6. The quantitative estimate of drug-likeness (QED) is 0.768. The van der Waals surface area contributed by atoms with E-state index in [0.717, 1.165) is 11.3 Å². The molecule has 0 spiro atoms. The van der Waals surface area contributed by atoms with Gasteiger partial charge in [-0.25, -0.2) is 8.42 Å². The molecule has 0 saturated heterocycles. The first kappa shape index (κ1) is 19.1. The third kappa shape index (κ3) is 4.20. The summed E-state index contributed by atoms with van der Waals surface area (Å²) in [6.07, 6.45) is 2.09. The molecule has 2 N–H and O–H groups in total. The summed E-state index contributed by atoms with van der Waals surface area (Å²) < 4.78 is 32.7. The first-order valence-corrected chi connectivity index (χ1v) is 9.99. The minimum Gasteiger partial charge on any atom is -0.467 e. The predicted octanol–water partition coefficient (Wildman–Crippen LogP) is 1.17. The Balaban J connectivity index is 1.67. The number of carbonyl (C=O) groups is 2. The van der Waals surface area contributed by atoms with Gasteiger partial charge in [-0.15, -0.1) is 0 Å². The van der Waals surface area contributed by atoms with Crippen LogP contribution in [-0.2, 0) is 32.6 Å². The lowest BCUT2D eigenvalue weighted by molar-refractivity contribution is -0.122. The molecular weight excluding hydrogens is 370 g/mol. The molecule has 2 amide bonds. The van der Waals surface area contributed by atoms with Crippen LogP contribution in [0.15, 0.2) is 45.9 Å². The van der Waals surface area contributed by atoms with Crippen molar-refractivity contribution in [2.24, 2.45) is 0 Å². The molecule has 1 aromatic carbocycles. The van der Waals surface area contributed by atoms with Gasteiger partial charge in [-0.05, 0) is 49.2 Å². The Labute approximate surface area is 157 Å². The second kappa shape index (κ2) is 7.53. The van der Waals surface area contributed by atoms with Crippen LogP contribution in [0.5, 0.6) is 0 Å². The number of furan rings is 1. The second-order valence-electron chi connectivity index (χ2n) is 6.35. The molecule has 8 nitrogen and oxygen atoms in total. The molecule has 1 aliphatic heterocycles. The van der Waals surface area contributed by atoms with Crippen molar-refractivity contribution in [1.82, 2.24) is 10.0 Å².